The highest BCUT2D eigenvalue weighted by molar-refractivity contribution is 5.85. The molecule has 3 nitrogen and oxygen atoms in total. The lowest BCUT2D eigenvalue weighted by Gasteiger charge is -2.28. The van der Waals surface area contributed by atoms with Crippen LogP contribution in [0.2, 0.25) is 0 Å². The molecule has 0 aliphatic carbocycles. The van der Waals surface area contributed by atoms with Gasteiger partial charge in [-0.25, -0.2) is 0 Å². The van der Waals surface area contributed by atoms with Gasteiger partial charge in [-0.15, -0.1) is 12.4 Å². The maximum absolute atomic E-state index is 5.22. The van der Waals surface area contributed by atoms with Gasteiger partial charge in [0, 0.05) is 20.2 Å². The van der Waals surface area contributed by atoms with Gasteiger partial charge in [-0.1, -0.05) is 6.07 Å². The minimum Gasteiger partial charge on any atom is -0.497 e. The number of hydrogen-bond acceptors (Lipinski definition) is 3. The lowest BCUT2D eigenvalue weighted by atomic mass is 10.00. The van der Waals surface area contributed by atoms with Gasteiger partial charge in [-0.05, 0) is 29.7 Å². The summed E-state index contributed by atoms with van der Waals surface area (Å²) in [5, 5.41) is 0. The van der Waals surface area contributed by atoms with Gasteiger partial charge in [0.2, 0.25) is 0 Å². The van der Waals surface area contributed by atoms with Crippen LogP contribution in [0.15, 0.2) is 18.2 Å². The molecule has 0 N–H and O–H groups in total. The van der Waals surface area contributed by atoms with E-state index in [2.05, 4.69) is 17.0 Å². The molecule has 0 spiro atoms. The fourth-order valence-electron chi connectivity index (χ4n) is 2.01. The minimum absolute atomic E-state index is 0. The van der Waals surface area contributed by atoms with E-state index in [1.807, 2.05) is 6.07 Å². The smallest absolute Gasteiger partial charge is 0.119 e. The minimum atomic E-state index is 0. The van der Waals surface area contributed by atoms with Gasteiger partial charge in [-0.2, -0.15) is 0 Å². The average molecular weight is 244 g/mol. The Labute approximate surface area is 103 Å². The third-order valence-corrected chi connectivity index (χ3v) is 2.82. The standard InChI is InChI=1S/C12H17NO2.ClH/c1-14-9-13-6-5-10-7-12(15-2)4-3-11(10)8-13;/h3-4,7H,5-6,8-9H2,1-2H3;1H. The maximum atomic E-state index is 5.22. The van der Waals surface area contributed by atoms with E-state index in [4.69, 9.17) is 9.47 Å². The second-order valence-electron chi connectivity index (χ2n) is 3.85. The summed E-state index contributed by atoms with van der Waals surface area (Å²) < 4.78 is 10.4. The lowest BCUT2D eigenvalue weighted by Crippen LogP contribution is -2.31. The van der Waals surface area contributed by atoms with Crippen molar-refractivity contribution >= 4 is 12.4 Å². The molecule has 4 heteroatoms. The largest absolute Gasteiger partial charge is 0.497 e. The maximum Gasteiger partial charge on any atom is 0.119 e. The number of nitrogens with zero attached hydrogens (tertiary/aromatic N) is 1. The van der Waals surface area contributed by atoms with Crippen LogP contribution in [0.3, 0.4) is 0 Å². The third kappa shape index (κ3) is 2.88. The molecule has 0 fully saturated rings. The fraction of sp³-hybridized carbons (Fsp3) is 0.500. The van der Waals surface area contributed by atoms with Crippen LogP contribution in [-0.4, -0.2) is 32.4 Å². The van der Waals surface area contributed by atoms with Gasteiger partial charge >= 0.3 is 0 Å². The Hall–Kier alpha value is -0.770. The zero-order chi connectivity index (χ0) is 10.7. The van der Waals surface area contributed by atoms with E-state index in [-0.39, 0.29) is 12.4 Å². The molecule has 0 radical (unpaired) electrons. The van der Waals surface area contributed by atoms with Crippen molar-refractivity contribution in [2.75, 3.05) is 27.5 Å². The summed E-state index contributed by atoms with van der Waals surface area (Å²) in [7, 11) is 3.45. The monoisotopic (exact) mass is 243 g/mol. The lowest BCUT2D eigenvalue weighted by molar-refractivity contribution is 0.0543. The van der Waals surface area contributed by atoms with Crippen LogP contribution in [0.1, 0.15) is 11.1 Å². The van der Waals surface area contributed by atoms with E-state index in [1.165, 1.54) is 11.1 Å². The van der Waals surface area contributed by atoms with E-state index in [9.17, 15) is 0 Å². The molecule has 16 heavy (non-hydrogen) atoms. The van der Waals surface area contributed by atoms with Crippen molar-refractivity contribution in [3.05, 3.63) is 29.3 Å². The van der Waals surface area contributed by atoms with Gasteiger partial charge in [0.25, 0.3) is 0 Å². The van der Waals surface area contributed by atoms with Gasteiger partial charge in [0.05, 0.1) is 13.8 Å². The first-order valence-corrected chi connectivity index (χ1v) is 5.20. The summed E-state index contributed by atoms with van der Waals surface area (Å²) in [6.45, 7) is 2.76. The normalized spacial score (nSPS) is 15.1. The molecule has 0 saturated carbocycles. The van der Waals surface area contributed by atoms with Crippen molar-refractivity contribution in [1.29, 1.82) is 0 Å². The van der Waals surface area contributed by atoms with Gasteiger partial charge in [0.15, 0.2) is 0 Å². The van der Waals surface area contributed by atoms with Crippen molar-refractivity contribution in [1.82, 2.24) is 4.90 Å². The summed E-state index contributed by atoms with van der Waals surface area (Å²) in [6, 6.07) is 6.31. The van der Waals surface area contributed by atoms with Crippen molar-refractivity contribution in [3.63, 3.8) is 0 Å². The zero-order valence-electron chi connectivity index (χ0n) is 9.73. The molecule has 90 valence electrons. The van der Waals surface area contributed by atoms with Crippen LogP contribution < -0.4 is 4.74 Å². The Morgan fingerprint density at radius 3 is 2.75 bits per heavy atom. The molecule has 1 aliphatic heterocycles. The first-order valence-electron chi connectivity index (χ1n) is 5.20. The number of halogens is 1. The van der Waals surface area contributed by atoms with E-state index in [0.717, 1.165) is 25.3 Å². The second-order valence-corrected chi connectivity index (χ2v) is 3.85. The molecule has 0 aromatic heterocycles. The molecule has 1 heterocycles. The molecule has 2 rings (SSSR count). The first-order chi connectivity index (χ1) is 7.33. The number of methoxy groups -OCH3 is 2. The number of rotatable bonds is 3. The van der Waals surface area contributed by atoms with Crippen LogP contribution >= 0.6 is 12.4 Å². The molecule has 0 saturated heterocycles. The molecule has 1 aromatic carbocycles. The van der Waals surface area contributed by atoms with Crippen LogP contribution in [0.4, 0.5) is 0 Å². The number of benzene rings is 1. The molecule has 0 amide bonds. The predicted octanol–water partition coefficient (Wildman–Crippen LogP) is 2.08. The molecular weight excluding hydrogens is 226 g/mol. The Kier molecular flexibility index (Phi) is 5.06. The van der Waals surface area contributed by atoms with Crippen LogP contribution in [0.25, 0.3) is 0 Å². The first kappa shape index (κ1) is 13.3. The van der Waals surface area contributed by atoms with Crippen molar-refractivity contribution in [3.8, 4) is 5.75 Å². The third-order valence-electron chi connectivity index (χ3n) is 2.82. The van der Waals surface area contributed by atoms with Crippen molar-refractivity contribution in [2.24, 2.45) is 0 Å². The van der Waals surface area contributed by atoms with E-state index < -0.39 is 0 Å². The molecule has 1 aromatic rings. The number of ether oxygens (including phenoxy) is 2. The topological polar surface area (TPSA) is 21.7 Å². The molecule has 0 bridgehead atoms. The summed E-state index contributed by atoms with van der Waals surface area (Å²) in [5.74, 6) is 0.953. The molecular formula is C12H18ClNO2. The highest BCUT2D eigenvalue weighted by Crippen LogP contribution is 2.23. The van der Waals surface area contributed by atoms with Gasteiger partial charge in [0.1, 0.15) is 5.75 Å². The van der Waals surface area contributed by atoms with Crippen LogP contribution in [0.5, 0.6) is 5.75 Å². The second kappa shape index (κ2) is 6.09. The predicted molar refractivity (Wildman–Crippen MR) is 66.2 cm³/mol. The number of hydrogen-bond donors (Lipinski definition) is 0. The summed E-state index contributed by atoms with van der Waals surface area (Å²) in [5.41, 5.74) is 2.79. The van der Waals surface area contributed by atoms with Crippen LogP contribution in [-0.2, 0) is 17.7 Å². The zero-order valence-corrected chi connectivity index (χ0v) is 10.5. The highest BCUT2D eigenvalue weighted by Gasteiger charge is 2.15. The summed E-state index contributed by atoms with van der Waals surface area (Å²) >= 11 is 0. The SMILES string of the molecule is COCN1CCc2cc(OC)ccc2C1.Cl. The van der Waals surface area contributed by atoms with Gasteiger partial charge in [-0.3, -0.25) is 4.90 Å². The van der Waals surface area contributed by atoms with Crippen molar-refractivity contribution < 1.29 is 9.47 Å². The quantitative estimate of drug-likeness (QED) is 0.812. The summed E-state index contributed by atoms with van der Waals surface area (Å²) in [6.07, 6.45) is 1.08. The Morgan fingerprint density at radius 2 is 2.06 bits per heavy atom. The van der Waals surface area contributed by atoms with Crippen molar-refractivity contribution in [2.45, 2.75) is 13.0 Å². The van der Waals surface area contributed by atoms with Crippen LogP contribution in [0, 0.1) is 0 Å². The molecule has 0 atom stereocenters. The van der Waals surface area contributed by atoms with E-state index in [0.29, 0.717) is 6.73 Å². The molecule has 0 unspecified atom stereocenters. The summed E-state index contributed by atoms with van der Waals surface area (Å²) in [4.78, 5) is 2.30. The number of fused-ring (bicyclic) bond motifs is 1. The Morgan fingerprint density at radius 1 is 1.25 bits per heavy atom. The Balaban J connectivity index is 0.00000128. The van der Waals surface area contributed by atoms with E-state index >= 15 is 0 Å². The van der Waals surface area contributed by atoms with Gasteiger partial charge < -0.3 is 9.47 Å². The fourth-order valence-corrected chi connectivity index (χ4v) is 2.01. The average Bonchev–Trinajstić information content (AvgIpc) is 2.29. The highest BCUT2D eigenvalue weighted by atomic mass is 35.5. The van der Waals surface area contributed by atoms with E-state index in [1.54, 1.807) is 14.2 Å². The molecule has 1 aliphatic rings. The Bertz CT molecular complexity index is 344.